The van der Waals surface area contributed by atoms with Crippen LogP contribution < -0.4 is 10.6 Å². The van der Waals surface area contributed by atoms with Gasteiger partial charge < -0.3 is 10.6 Å². The fraction of sp³-hybridized carbons (Fsp3) is 0.300. The number of aryl methyl sites for hydroxylation is 2. The van der Waals surface area contributed by atoms with Gasteiger partial charge in [0.2, 0.25) is 11.8 Å². The Hall–Kier alpha value is -2.32. The Kier molecular flexibility index (Phi) is 5.81. The molecule has 6 nitrogen and oxygen atoms in total. The quantitative estimate of drug-likeness (QED) is 0.775. The number of hydrogen-bond donors (Lipinski definition) is 2. The fourth-order valence-corrected chi connectivity index (χ4v) is 5.28. The van der Waals surface area contributed by atoms with Crippen molar-refractivity contribution in [2.24, 2.45) is 0 Å². The Balaban J connectivity index is 1.73. The van der Waals surface area contributed by atoms with E-state index in [0.29, 0.717) is 16.3 Å². The van der Waals surface area contributed by atoms with Crippen LogP contribution >= 0.6 is 11.8 Å². The highest BCUT2D eigenvalue weighted by molar-refractivity contribution is 8.00. The molecule has 8 heteroatoms. The lowest BCUT2D eigenvalue weighted by molar-refractivity contribution is -0.116. The molecule has 2 N–H and O–H groups in total. The van der Waals surface area contributed by atoms with Crippen LogP contribution in [-0.4, -0.2) is 31.2 Å². The Labute approximate surface area is 169 Å². The Morgan fingerprint density at radius 1 is 1.21 bits per heavy atom. The normalized spacial score (nSPS) is 14.8. The summed E-state index contributed by atoms with van der Waals surface area (Å²) in [7, 11) is -3.68. The van der Waals surface area contributed by atoms with Gasteiger partial charge in [0.05, 0.1) is 21.6 Å². The molecule has 0 saturated carbocycles. The van der Waals surface area contributed by atoms with Crippen molar-refractivity contribution in [3.05, 3.63) is 47.5 Å². The predicted octanol–water partition coefficient (Wildman–Crippen LogP) is 3.54. The fourth-order valence-electron chi connectivity index (χ4n) is 2.99. The summed E-state index contributed by atoms with van der Waals surface area (Å²) >= 11 is 1.30. The van der Waals surface area contributed by atoms with Gasteiger partial charge in [0.25, 0.3) is 0 Å². The molecule has 28 heavy (non-hydrogen) atoms. The van der Waals surface area contributed by atoms with E-state index in [9.17, 15) is 18.0 Å². The van der Waals surface area contributed by atoms with Gasteiger partial charge in [0.1, 0.15) is 0 Å². The summed E-state index contributed by atoms with van der Waals surface area (Å²) < 4.78 is 25.8. The Morgan fingerprint density at radius 2 is 1.96 bits per heavy atom. The van der Waals surface area contributed by atoms with Crippen LogP contribution in [0.2, 0.25) is 0 Å². The van der Waals surface area contributed by atoms with Crippen molar-refractivity contribution in [2.75, 3.05) is 16.4 Å². The molecule has 0 spiro atoms. The molecule has 1 atom stereocenters. The van der Waals surface area contributed by atoms with Crippen molar-refractivity contribution in [1.29, 1.82) is 0 Å². The molecule has 1 unspecified atom stereocenters. The summed E-state index contributed by atoms with van der Waals surface area (Å²) in [5.41, 5.74) is 3.31. The van der Waals surface area contributed by atoms with Crippen LogP contribution in [-0.2, 0) is 19.4 Å². The summed E-state index contributed by atoms with van der Waals surface area (Å²) in [5, 5.41) is 4.63. The second kappa shape index (κ2) is 7.97. The molecule has 0 aromatic heterocycles. The zero-order chi connectivity index (χ0) is 20.5. The lowest BCUT2D eigenvalue weighted by Gasteiger charge is -2.19. The molecule has 0 radical (unpaired) electrons. The first kappa shape index (κ1) is 20.4. The number of amides is 2. The van der Waals surface area contributed by atoms with Crippen LogP contribution in [0.1, 0.15) is 24.5 Å². The summed E-state index contributed by atoms with van der Waals surface area (Å²) in [6.07, 6.45) is -0.142. The van der Waals surface area contributed by atoms with Crippen LogP contribution in [0.25, 0.3) is 0 Å². The standard InChI is InChI=1S/C20H22N2O4S2/c1-12-4-6-16(13(2)8-12)21-19(23)9-14(3)28(25,26)15-5-7-17-18(10-15)27-11-20(24)22-17/h4-8,10,14H,9,11H2,1-3H3,(H,21,23)(H,22,24). The van der Waals surface area contributed by atoms with Crippen molar-refractivity contribution in [3.8, 4) is 0 Å². The molecule has 1 aliphatic rings. The van der Waals surface area contributed by atoms with E-state index in [4.69, 9.17) is 0 Å². The number of sulfone groups is 1. The summed E-state index contributed by atoms with van der Waals surface area (Å²) in [5.74, 6) is -0.197. The summed E-state index contributed by atoms with van der Waals surface area (Å²) in [4.78, 5) is 24.7. The molecule has 0 saturated heterocycles. The maximum absolute atomic E-state index is 12.9. The number of carbonyl (C=O) groups is 2. The van der Waals surface area contributed by atoms with E-state index >= 15 is 0 Å². The van der Waals surface area contributed by atoms with E-state index in [-0.39, 0.29) is 28.9 Å². The first-order chi connectivity index (χ1) is 13.2. The minimum atomic E-state index is -3.68. The first-order valence-corrected chi connectivity index (χ1v) is 11.4. The van der Waals surface area contributed by atoms with Gasteiger partial charge in [-0.15, -0.1) is 11.8 Å². The highest BCUT2D eigenvalue weighted by atomic mass is 32.2. The number of anilines is 2. The topological polar surface area (TPSA) is 92.3 Å². The first-order valence-electron chi connectivity index (χ1n) is 8.84. The second-order valence-electron chi connectivity index (χ2n) is 6.92. The van der Waals surface area contributed by atoms with Crippen LogP contribution in [0.4, 0.5) is 11.4 Å². The Morgan fingerprint density at radius 3 is 2.68 bits per heavy atom. The monoisotopic (exact) mass is 418 g/mol. The highest BCUT2D eigenvalue weighted by Crippen LogP contribution is 2.34. The number of rotatable bonds is 5. The van der Waals surface area contributed by atoms with Crippen molar-refractivity contribution < 1.29 is 18.0 Å². The number of benzene rings is 2. The summed E-state index contributed by atoms with van der Waals surface area (Å²) in [6.45, 7) is 5.40. The van der Waals surface area contributed by atoms with Gasteiger partial charge in [-0.2, -0.15) is 0 Å². The lowest BCUT2D eigenvalue weighted by Crippen LogP contribution is -2.25. The zero-order valence-corrected chi connectivity index (χ0v) is 17.5. The van der Waals surface area contributed by atoms with Gasteiger partial charge in [0.15, 0.2) is 9.84 Å². The molecule has 0 aliphatic carbocycles. The van der Waals surface area contributed by atoms with Crippen LogP contribution in [0.3, 0.4) is 0 Å². The second-order valence-corrected chi connectivity index (χ2v) is 10.3. The number of nitrogens with one attached hydrogen (secondary N) is 2. The van der Waals surface area contributed by atoms with E-state index < -0.39 is 15.1 Å². The third-order valence-corrected chi connectivity index (χ3v) is 7.77. The molecular formula is C20H22N2O4S2. The largest absolute Gasteiger partial charge is 0.326 e. The van der Waals surface area contributed by atoms with Crippen molar-refractivity contribution in [1.82, 2.24) is 0 Å². The molecule has 148 valence electrons. The third kappa shape index (κ3) is 4.39. The molecular weight excluding hydrogens is 396 g/mol. The predicted molar refractivity (Wildman–Crippen MR) is 112 cm³/mol. The minimum Gasteiger partial charge on any atom is -0.326 e. The molecule has 1 heterocycles. The molecule has 2 aromatic carbocycles. The number of carbonyl (C=O) groups excluding carboxylic acids is 2. The van der Waals surface area contributed by atoms with E-state index in [1.807, 2.05) is 32.0 Å². The van der Waals surface area contributed by atoms with Crippen LogP contribution in [0, 0.1) is 13.8 Å². The number of hydrogen-bond acceptors (Lipinski definition) is 5. The van der Waals surface area contributed by atoms with Gasteiger partial charge in [0, 0.05) is 17.0 Å². The van der Waals surface area contributed by atoms with E-state index in [0.717, 1.165) is 11.1 Å². The zero-order valence-electron chi connectivity index (χ0n) is 15.9. The molecule has 1 aliphatic heterocycles. The molecule has 0 bridgehead atoms. The third-order valence-electron chi connectivity index (χ3n) is 4.57. The number of thioether (sulfide) groups is 1. The van der Waals surface area contributed by atoms with Crippen molar-refractivity contribution in [2.45, 2.75) is 42.2 Å². The van der Waals surface area contributed by atoms with Gasteiger partial charge in [-0.25, -0.2) is 8.42 Å². The summed E-state index contributed by atoms with van der Waals surface area (Å²) in [6, 6.07) is 10.3. The van der Waals surface area contributed by atoms with Crippen LogP contribution in [0.5, 0.6) is 0 Å². The van der Waals surface area contributed by atoms with Crippen molar-refractivity contribution >= 4 is 44.8 Å². The molecule has 0 fully saturated rings. The van der Waals surface area contributed by atoms with Crippen molar-refractivity contribution in [3.63, 3.8) is 0 Å². The van der Waals surface area contributed by atoms with E-state index in [1.165, 1.54) is 24.8 Å². The lowest BCUT2D eigenvalue weighted by atomic mass is 10.1. The van der Waals surface area contributed by atoms with Gasteiger partial charge >= 0.3 is 0 Å². The minimum absolute atomic E-state index is 0.107. The van der Waals surface area contributed by atoms with Gasteiger partial charge in [-0.1, -0.05) is 17.7 Å². The average Bonchev–Trinajstić information content (AvgIpc) is 2.63. The molecule has 2 amide bonds. The molecule has 3 rings (SSSR count). The average molecular weight is 419 g/mol. The smallest absolute Gasteiger partial charge is 0.234 e. The molecule has 2 aromatic rings. The Bertz CT molecular complexity index is 1050. The number of fused-ring (bicyclic) bond motifs is 1. The maximum atomic E-state index is 12.9. The van der Waals surface area contributed by atoms with E-state index in [1.54, 1.807) is 12.1 Å². The van der Waals surface area contributed by atoms with Gasteiger partial charge in [-0.05, 0) is 50.6 Å². The maximum Gasteiger partial charge on any atom is 0.234 e. The van der Waals surface area contributed by atoms with Gasteiger partial charge in [-0.3, -0.25) is 9.59 Å². The SMILES string of the molecule is Cc1ccc(NC(=O)CC(C)S(=O)(=O)c2ccc3c(c2)SCC(=O)N3)c(C)c1. The van der Waals surface area contributed by atoms with Crippen LogP contribution in [0.15, 0.2) is 46.2 Å². The highest BCUT2D eigenvalue weighted by Gasteiger charge is 2.27. The van der Waals surface area contributed by atoms with E-state index in [2.05, 4.69) is 10.6 Å².